The average Bonchev–Trinajstić information content (AvgIpc) is 3.32. The van der Waals surface area contributed by atoms with Crippen molar-refractivity contribution in [3.8, 4) is 0 Å². The van der Waals surface area contributed by atoms with Crippen molar-refractivity contribution in [2.45, 2.75) is 37.0 Å². The quantitative estimate of drug-likeness (QED) is 0.816. The number of rotatable bonds is 5. The fourth-order valence-corrected chi connectivity index (χ4v) is 4.68. The largest absolute Gasteiger partial charge is 0.355 e. The van der Waals surface area contributed by atoms with Crippen LogP contribution in [0.25, 0.3) is 0 Å². The highest BCUT2D eigenvalue weighted by Crippen LogP contribution is 2.34. The second kappa shape index (κ2) is 6.57. The third-order valence-electron chi connectivity index (χ3n) is 4.54. The highest BCUT2D eigenvalue weighted by molar-refractivity contribution is 9.10. The number of halogens is 1. The highest BCUT2D eigenvalue weighted by Gasteiger charge is 2.36. The molecule has 0 bridgehead atoms. The molecule has 0 radical (unpaired) electrons. The van der Waals surface area contributed by atoms with Crippen LogP contribution in [0.3, 0.4) is 0 Å². The molecule has 1 N–H and O–H groups in total. The van der Waals surface area contributed by atoms with Gasteiger partial charge in [-0.1, -0.05) is 0 Å². The number of nitrogens with one attached hydrogen (secondary N) is 1. The summed E-state index contributed by atoms with van der Waals surface area (Å²) < 4.78 is 28.1. The minimum absolute atomic E-state index is 0. The summed E-state index contributed by atoms with van der Waals surface area (Å²) in [4.78, 5) is 8.91. The number of hydrogen-bond donors (Lipinski definition) is 1. The topological polar surface area (TPSA) is 65.5 Å². The molecule has 1 aliphatic heterocycles. The molecule has 0 aromatic carbocycles. The zero-order chi connectivity index (χ0) is 16.6. The van der Waals surface area contributed by atoms with E-state index in [1.165, 1.54) is 0 Å². The van der Waals surface area contributed by atoms with Gasteiger partial charge in [0.1, 0.15) is 0 Å². The third-order valence-corrected chi connectivity index (χ3v) is 6.83. The molecular weight excluding hydrogens is 380 g/mol. The molecule has 130 valence electrons. The predicted molar refractivity (Wildman–Crippen MR) is 98.5 cm³/mol. The Morgan fingerprint density at radius 1 is 1.30 bits per heavy atom. The average molecular weight is 405 g/mol. The van der Waals surface area contributed by atoms with Crippen LogP contribution in [0.1, 0.15) is 27.1 Å². The number of anilines is 2. The van der Waals surface area contributed by atoms with Crippen molar-refractivity contribution in [2.24, 2.45) is 0 Å². The molecule has 1 aliphatic carbocycles. The van der Waals surface area contributed by atoms with Crippen LogP contribution < -0.4 is 9.62 Å². The van der Waals surface area contributed by atoms with Crippen LogP contribution in [-0.4, -0.2) is 56.8 Å². The second-order valence-electron chi connectivity index (χ2n) is 6.55. The lowest BCUT2D eigenvalue weighted by molar-refractivity contribution is 0.249. The summed E-state index contributed by atoms with van der Waals surface area (Å²) in [5.41, 5.74) is 0.578. The van der Waals surface area contributed by atoms with Crippen LogP contribution in [-0.2, 0) is 10.0 Å². The first-order chi connectivity index (χ1) is 10.9. The predicted octanol–water partition coefficient (Wildman–Crippen LogP) is 2.52. The van der Waals surface area contributed by atoms with E-state index in [9.17, 15) is 8.42 Å². The van der Waals surface area contributed by atoms with Crippen LogP contribution in [0.15, 0.2) is 16.7 Å². The van der Waals surface area contributed by atoms with Gasteiger partial charge in [-0.3, -0.25) is 4.72 Å². The lowest BCUT2D eigenvalue weighted by Crippen LogP contribution is -2.42. The molecule has 0 atom stereocenters. The van der Waals surface area contributed by atoms with Crippen LogP contribution in [0.5, 0.6) is 0 Å². The van der Waals surface area contributed by atoms with Crippen molar-refractivity contribution in [1.29, 1.82) is 0 Å². The molecule has 2 heterocycles. The van der Waals surface area contributed by atoms with Gasteiger partial charge < -0.3 is 9.80 Å². The fourth-order valence-electron chi connectivity index (χ4n) is 2.97. The van der Waals surface area contributed by atoms with Gasteiger partial charge >= 0.3 is 0 Å². The maximum absolute atomic E-state index is 12.3. The van der Waals surface area contributed by atoms with E-state index in [1.807, 2.05) is 0 Å². The number of hydrogen-bond acceptors (Lipinski definition) is 5. The van der Waals surface area contributed by atoms with Gasteiger partial charge in [0, 0.05) is 31.2 Å². The molecule has 8 heteroatoms. The van der Waals surface area contributed by atoms with E-state index < -0.39 is 10.0 Å². The van der Waals surface area contributed by atoms with Gasteiger partial charge in [-0.15, -0.1) is 0 Å². The molecule has 3 rings (SSSR count). The number of pyridine rings is 1. The first-order valence-electron chi connectivity index (χ1n) is 7.95. The number of piperidine rings is 1. The second-order valence-corrected chi connectivity index (χ2v) is 9.43. The Hall–Kier alpha value is -0.860. The molecule has 2 aliphatic rings. The maximum atomic E-state index is 12.3. The van der Waals surface area contributed by atoms with Crippen LogP contribution in [0.4, 0.5) is 11.5 Å². The zero-order valence-corrected chi connectivity index (χ0v) is 15.9. The van der Waals surface area contributed by atoms with Crippen LogP contribution >= 0.6 is 15.9 Å². The SMILES string of the molecule is CN(C)C1CCN(c2ncc(Br)cc2NS(=O)(=O)C2CC2)CC1.[HH]. The summed E-state index contributed by atoms with van der Waals surface area (Å²) in [6.07, 6.45) is 5.34. The summed E-state index contributed by atoms with van der Waals surface area (Å²) in [6.45, 7) is 1.77. The standard InChI is InChI=1S/C15H23BrN4O2S.H2/c1-19(2)12-5-7-20(8-6-12)15-14(9-11(16)10-17-15)18-23(21,22)13-3-4-13;/h9-10,12-13,18H,3-8H2,1-2H3;1H. The molecule has 1 aromatic heterocycles. The first kappa shape index (κ1) is 17.0. The Balaban J connectivity index is 0.00000208. The van der Waals surface area contributed by atoms with E-state index >= 15 is 0 Å². The number of nitrogens with zero attached hydrogens (tertiary/aromatic N) is 3. The van der Waals surface area contributed by atoms with E-state index in [4.69, 9.17) is 0 Å². The Morgan fingerprint density at radius 3 is 2.52 bits per heavy atom. The molecule has 6 nitrogen and oxygen atoms in total. The molecular formula is C15H25BrN4O2S. The van der Waals surface area contributed by atoms with Crippen molar-refractivity contribution >= 4 is 37.5 Å². The minimum atomic E-state index is -3.29. The third kappa shape index (κ3) is 3.97. The Morgan fingerprint density at radius 2 is 1.96 bits per heavy atom. The number of sulfonamides is 1. The fraction of sp³-hybridized carbons (Fsp3) is 0.667. The van der Waals surface area contributed by atoms with Gasteiger partial charge in [-0.05, 0) is 61.8 Å². The lowest BCUT2D eigenvalue weighted by atomic mass is 10.0. The van der Waals surface area contributed by atoms with E-state index in [2.05, 4.69) is 49.5 Å². The van der Waals surface area contributed by atoms with Crippen molar-refractivity contribution in [3.05, 3.63) is 16.7 Å². The molecule has 1 aromatic rings. The van der Waals surface area contributed by atoms with Crippen molar-refractivity contribution in [1.82, 2.24) is 9.88 Å². The Bertz CT molecular complexity index is 674. The highest BCUT2D eigenvalue weighted by atomic mass is 79.9. The van der Waals surface area contributed by atoms with Gasteiger partial charge in [0.25, 0.3) is 0 Å². The summed E-state index contributed by atoms with van der Waals surface area (Å²) in [6, 6.07) is 2.38. The monoisotopic (exact) mass is 404 g/mol. The zero-order valence-electron chi connectivity index (χ0n) is 13.5. The van der Waals surface area contributed by atoms with Gasteiger partial charge in [-0.2, -0.15) is 0 Å². The molecule has 1 saturated carbocycles. The molecule has 23 heavy (non-hydrogen) atoms. The van der Waals surface area contributed by atoms with Gasteiger partial charge in [0.15, 0.2) is 5.82 Å². The van der Waals surface area contributed by atoms with E-state index in [-0.39, 0.29) is 6.68 Å². The van der Waals surface area contributed by atoms with Gasteiger partial charge in [-0.25, -0.2) is 13.4 Å². The first-order valence-corrected chi connectivity index (χ1v) is 10.3. The summed E-state index contributed by atoms with van der Waals surface area (Å²) in [7, 11) is 0.921. The number of aromatic nitrogens is 1. The van der Waals surface area contributed by atoms with E-state index in [0.29, 0.717) is 11.7 Å². The molecule has 2 fully saturated rings. The Kier molecular flexibility index (Phi) is 4.85. The molecule has 1 saturated heterocycles. The molecule has 0 spiro atoms. The van der Waals surface area contributed by atoms with Crippen molar-refractivity contribution < 1.29 is 9.84 Å². The van der Waals surface area contributed by atoms with Crippen molar-refractivity contribution in [2.75, 3.05) is 36.8 Å². The summed E-state index contributed by atoms with van der Waals surface area (Å²) in [5.74, 6) is 0.731. The summed E-state index contributed by atoms with van der Waals surface area (Å²) in [5, 5.41) is -0.242. The molecule has 0 amide bonds. The van der Waals surface area contributed by atoms with E-state index in [0.717, 1.165) is 49.1 Å². The minimum Gasteiger partial charge on any atom is -0.355 e. The normalized spacial score (nSPS) is 20.1. The van der Waals surface area contributed by atoms with E-state index in [1.54, 1.807) is 12.3 Å². The van der Waals surface area contributed by atoms with Crippen LogP contribution in [0, 0.1) is 0 Å². The smallest absolute Gasteiger partial charge is 0.235 e. The Labute approximate surface area is 147 Å². The maximum Gasteiger partial charge on any atom is 0.235 e. The lowest BCUT2D eigenvalue weighted by Gasteiger charge is -2.36. The van der Waals surface area contributed by atoms with Gasteiger partial charge in [0.2, 0.25) is 10.0 Å². The van der Waals surface area contributed by atoms with Crippen LogP contribution in [0.2, 0.25) is 0 Å². The van der Waals surface area contributed by atoms with Crippen molar-refractivity contribution in [3.63, 3.8) is 0 Å². The molecule has 0 unspecified atom stereocenters. The van der Waals surface area contributed by atoms with Gasteiger partial charge in [0.05, 0.1) is 10.9 Å². The summed E-state index contributed by atoms with van der Waals surface area (Å²) >= 11 is 3.39.